The molecule has 0 unspecified atom stereocenters. The summed E-state index contributed by atoms with van der Waals surface area (Å²) in [6.45, 7) is 0. The lowest BCUT2D eigenvalue weighted by molar-refractivity contribution is -0.113. The van der Waals surface area contributed by atoms with Gasteiger partial charge in [-0.1, -0.05) is 47.5 Å². The molecule has 2 aromatic carbocycles. The van der Waals surface area contributed by atoms with Crippen LogP contribution in [0.1, 0.15) is 0 Å². The first-order valence-corrected chi connectivity index (χ1v) is 10.1. The van der Waals surface area contributed by atoms with Crippen LogP contribution in [0.3, 0.4) is 0 Å². The van der Waals surface area contributed by atoms with Gasteiger partial charge >= 0.3 is 0 Å². The standard InChI is InChI=1S/C11H9ClN4O.C11H7ClN4/c12-9-3-1-2-8(6-9)11-14-7-16(15-11)5-4-10(13)17;12-10-4-1-3-9(7-10)11-14-8-16(15-11)6-2-5-13/h1-7H,(H2,13,17);1-4,6-8H/b5-4-;6-2-. The fraction of sp³-hybridized carbons (Fsp3) is 0. The van der Waals surface area contributed by atoms with Crippen LogP contribution in [0.5, 0.6) is 0 Å². The number of benzene rings is 2. The second-order valence-electron chi connectivity index (χ2n) is 6.28. The van der Waals surface area contributed by atoms with Gasteiger partial charge in [-0.05, 0) is 24.3 Å². The van der Waals surface area contributed by atoms with Gasteiger partial charge in [-0.15, -0.1) is 10.2 Å². The molecule has 9 nitrogen and oxygen atoms in total. The summed E-state index contributed by atoms with van der Waals surface area (Å²) >= 11 is 11.7. The maximum atomic E-state index is 10.6. The van der Waals surface area contributed by atoms with Gasteiger partial charge in [0.25, 0.3) is 0 Å². The Morgan fingerprint density at radius 2 is 1.42 bits per heavy atom. The molecule has 0 aliphatic carbocycles. The zero-order chi connectivity index (χ0) is 23.6. The smallest absolute Gasteiger partial charge is 0.242 e. The summed E-state index contributed by atoms with van der Waals surface area (Å²) in [6.07, 6.45) is 8.51. The zero-order valence-electron chi connectivity index (χ0n) is 17.0. The summed E-state index contributed by atoms with van der Waals surface area (Å²) in [5.41, 5.74) is 6.63. The molecule has 4 rings (SSSR count). The van der Waals surface area contributed by atoms with Gasteiger partial charge < -0.3 is 5.73 Å². The monoisotopic (exact) mass is 478 g/mol. The summed E-state index contributed by atoms with van der Waals surface area (Å²) in [5.74, 6) is 0.566. The molecule has 0 bridgehead atoms. The Bertz CT molecular complexity index is 1350. The number of halogens is 2. The Kier molecular flexibility index (Phi) is 8.07. The van der Waals surface area contributed by atoms with Crippen molar-refractivity contribution in [1.29, 1.82) is 5.26 Å². The molecule has 2 heterocycles. The number of allylic oxidation sites excluding steroid dienone is 1. The molecule has 4 aromatic rings. The number of rotatable bonds is 5. The average molecular weight is 479 g/mol. The van der Waals surface area contributed by atoms with Crippen molar-refractivity contribution in [2.24, 2.45) is 5.73 Å². The summed E-state index contributed by atoms with van der Waals surface area (Å²) in [6, 6.07) is 16.4. The van der Waals surface area contributed by atoms with Crippen LogP contribution >= 0.6 is 23.2 Å². The van der Waals surface area contributed by atoms with E-state index < -0.39 is 5.91 Å². The molecule has 33 heavy (non-hydrogen) atoms. The molecule has 0 aliphatic rings. The number of amides is 1. The summed E-state index contributed by atoms with van der Waals surface area (Å²) in [5, 5.41) is 17.9. The SMILES string of the molecule is N#C/C=C\n1cnc(-c2cccc(Cl)c2)n1.NC(=O)/C=C\n1cnc(-c2cccc(Cl)c2)n1. The third-order valence-corrected chi connectivity index (χ3v) is 4.35. The van der Waals surface area contributed by atoms with Gasteiger partial charge in [-0.2, -0.15) is 5.26 Å². The van der Waals surface area contributed by atoms with Crippen LogP contribution in [-0.4, -0.2) is 35.4 Å². The van der Waals surface area contributed by atoms with E-state index in [1.165, 1.54) is 46.6 Å². The van der Waals surface area contributed by atoms with Gasteiger partial charge in [-0.3, -0.25) is 4.79 Å². The predicted octanol–water partition coefficient (Wildman–Crippen LogP) is 4.15. The Labute approximate surface area is 199 Å². The van der Waals surface area contributed by atoms with Gasteiger partial charge in [0.2, 0.25) is 5.91 Å². The number of carbonyl (C=O) groups excluding carboxylic acids is 1. The molecule has 0 atom stereocenters. The highest BCUT2D eigenvalue weighted by atomic mass is 35.5. The molecule has 0 aliphatic heterocycles. The highest BCUT2D eigenvalue weighted by molar-refractivity contribution is 6.31. The van der Waals surface area contributed by atoms with Crippen molar-refractivity contribution >= 4 is 41.5 Å². The molecule has 0 saturated carbocycles. The molecular formula is C22H16Cl2N8O. The topological polar surface area (TPSA) is 128 Å². The number of primary amides is 1. The lowest BCUT2D eigenvalue weighted by Gasteiger charge is -1.95. The zero-order valence-corrected chi connectivity index (χ0v) is 18.5. The molecule has 0 spiro atoms. The van der Waals surface area contributed by atoms with Crippen molar-refractivity contribution in [2.45, 2.75) is 0 Å². The Morgan fingerprint density at radius 1 is 0.909 bits per heavy atom. The summed E-state index contributed by atoms with van der Waals surface area (Å²) < 4.78 is 2.88. The van der Waals surface area contributed by atoms with Gasteiger partial charge in [0.15, 0.2) is 11.6 Å². The van der Waals surface area contributed by atoms with E-state index in [2.05, 4.69) is 20.2 Å². The van der Waals surface area contributed by atoms with E-state index in [9.17, 15) is 4.79 Å². The lowest BCUT2D eigenvalue weighted by atomic mass is 10.2. The fourth-order valence-corrected chi connectivity index (χ4v) is 2.85. The van der Waals surface area contributed by atoms with Crippen LogP contribution in [0.2, 0.25) is 10.0 Å². The first-order valence-electron chi connectivity index (χ1n) is 9.32. The maximum absolute atomic E-state index is 10.6. The van der Waals surface area contributed by atoms with Crippen molar-refractivity contribution in [3.63, 3.8) is 0 Å². The molecule has 0 saturated heterocycles. The maximum Gasteiger partial charge on any atom is 0.242 e. The number of nitrogens with two attached hydrogens (primary N) is 1. The minimum absolute atomic E-state index is 0.529. The minimum atomic E-state index is -0.537. The van der Waals surface area contributed by atoms with Crippen molar-refractivity contribution in [3.05, 3.63) is 83.4 Å². The summed E-state index contributed by atoms with van der Waals surface area (Å²) in [4.78, 5) is 18.8. The number of hydrogen-bond acceptors (Lipinski definition) is 6. The molecule has 2 N–H and O–H groups in total. The third-order valence-electron chi connectivity index (χ3n) is 3.88. The lowest BCUT2D eigenvalue weighted by Crippen LogP contribution is -2.06. The predicted molar refractivity (Wildman–Crippen MR) is 126 cm³/mol. The van der Waals surface area contributed by atoms with E-state index in [4.69, 9.17) is 34.2 Å². The molecule has 2 aromatic heterocycles. The van der Waals surface area contributed by atoms with Crippen molar-refractivity contribution in [3.8, 4) is 28.8 Å². The number of carbonyl (C=O) groups is 1. The van der Waals surface area contributed by atoms with Gasteiger partial charge in [0.1, 0.15) is 12.7 Å². The molecule has 164 valence electrons. The average Bonchev–Trinajstić information content (AvgIpc) is 3.47. The van der Waals surface area contributed by atoms with Crippen LogP contribution in [0.4, 0.5) is 0 Å². The molecule has 0 fully saturated rings. The van der Waals surface area contributed by atoms with Gasteiger partial charge in [-0.25, -0.2) is 19.3 Å². The van der Waals surface area contributed by atoms with Crippen LogP contribution in [0.25, 0.3) is 35.2 Å². The van der Waals surface area contributed by atoms with E-state index >= 15 is 0 Å². The molecule has 1 amide bonds. The van der Waals surface area contributed by atoms with E-state index in [-0.39, 0.29) is 0 Å². The largest absolute Gasteiger partial charge is 0.366 e. The molecule has 0 radical (unpaired) electrons. The van der Waals surface area contributed by atoms with Gasteiger partial charge in [0, 0.05) is 45.7 Å². The van der Waals surface area contributed by atoms with Crippen molar-refractivity contribution in [2.75, 3.05) is 0 Å². The highest BCUT2D eigenvalue weighted by Gasteiger charge is 2.04. The van der Waals surface area contributed by atoms with Crippen LogP contribution in [0, 0.1) is 11.3 Å². The van der Waals surface area contributed by atoms with Crippen LogP contribution in [-0.2, 0) is 4.79 Å². The van der Waals surface area contributed by atoms with Crippen LogP contribution < -0.4 is 5.73 Å². The first-order chi connectivity index (χ1) is 15.9. The highest BCUT2D eigenvalue weighted by Crippen LogP contribution is 2.19. The Morgan fingerprint density at radius 3 is 1.88 bits per heavy atom. The second-order valence-corrected chi connectivity index (χ2v) is 7.15. The van der Waals surface area contributed by atoms with Gasteiger partial charge in [0.05, 0.1) is 6.07 Å². The van der Waals surface area contributed by atoms with E-state index in [0.29, 0.717) is 21.7 Å². The third kappa shape index (κ3) is 7.14. The Balaban J connectivity index is 0.000000186. The van der Waals surface area contributed by atoms with E-state index in [0.717, 1.165) is 11.1 Å². The fourth-order valence-electron chi connectivity index (χ4n) is 2.47. The van der Waals surface area contributed by atoms with E-state index in [1.54, 1.807) is 24.3 Å². The quantitative estimate of drug-likeness (QED) is 0.338. The van der Waals surface area contributed by atoms with Crippen molar-refractivity contribution < 1.29 is 4.79 Å². The number of hydrogen-bond donors (Lipinski definition) is 1. The van der Waals surface area contributed by atoms with Crippen molar-refractivity contribution in [1.82, 2.24) is 29.5 Å². The second kappa shape index (κ2) is 11.4. The van der Waals surface area contributed by atoms with E-state index in [1.807, 2.05) is 30.3 Å². The molecule has 11 heteroatoms. The first kappa shape index (κ1) is 23.4. The normalized spacial score (nSPS) is 10.7. The summed E-state index contributed by atoms with van der Waals surface area (Å²) in [7, 11) is 0. The molecular weight excluding hydrogens is 463 g/mol. The Hall–Kier alpha value is -4.26. The number of nitriles is 1. The van der Waals surface area contributed by atoms with Crippen LogP contribution in [0.15, 0.2) is 73.3 Å². The number of aromatic nitrogens is 6. The minimum Gasteiger partial charge on any atom is -0.366 e. The number of nitrogens with zero attached hydrogens (tertiary/aromatic N) is 7.